The number of phenols is 1. The highest BCUT2D eigenvalue weighted by Crippen LogP contribution is 2.27. The monoisotopic (exact) mass is 266 g/mol. The van der Waals surface area contributed by atoms with Crippen LogP contribution in [0.15, 0.2) is 36.5 Å². The Labute approximate surface area is 109 Å². The predicted octanol–water partition coefficient (Wildman–Crippen LogP) is 3.75. The topological polar surface area (TPSA) is 45.2 Å². The second-order valence-electron chi connectivity index (χ2n) is 3.94. The van der Waals surface area contributed by atoms with Gasteiger partial charge >= 0.3 is 0 Å². The van der Waals surface area contributed by atoms with E-state index in [1.165, 1.54) is 6.07 Å². The van der Waals surface area contributed by atoms with Crippen LogP contribution in [-0.2, 0) is 0 Å². The molecule has 0 bridgehead atoms. The summed E-state index contributed by atoms with van der Waals surface area (Å²) in [5, 5.41) is 13.2. The van der Waals surface area contributed by atoms with Crippen LogP contribution in [0.4, 0.5) is 10.1 Å². The molecule has 94 valence electrons. The highest BCUT2D eigenvalue weighted by Gasteiger charge is 2.11. The highest BCUT2D eigenvalue weighted by atomic mass is 35.5. The van der Waals surface area contributed by atoms with E-state index in [0.29, 0.717) is 10.7 Å². The number of nitrogens with zero attached hydrogens (tertiary/aromatic N) is 1. The molecule has 2 rings (SSSR count). The lowest BCUT2D eigenvalue weighted by molar-refractivity contribution is 0.459. The molecule has 0 saturated carbocycles. The van der Waals surface area contributed by atoms with Gasteiger partial charge in [0.25, 0.3) is 0 Å². The van der Waals surface area contributed by atoms with Crippen molar-refractivity contribution >= 4 is 17.3 Å². The Morgan fingerprint density at radius 2 is 2.11 bits per heavy atom. The minimum atomic E-state index is -0.461. The van der Waals surface area contributed by atoms with Gasteiger partial charge in [0.05, 0.1) is 17.9 Å². The number of pyridine rings is 1. The summed E-state index contributed by atoms with van der Waals surface area (Å²) in [6.07, 6.45) is 1.60. The Kier molecular flexibility index (Phi) is 3.67. The SMILES string of the molecule is CC(Nc1ccc(Cl)nc1)c1ccc(F)cc1O. The third kappa shape index (κ3) is 2.90. The average Bonchev–Trinajstić information content (AvgIpc) is 2.32. The molecule has 0 fully saturated rings. The van der Waals surface area contributed by atoms with E-state index in [0.717, 1.165) is 11.8 Å². The van der Waals surface area contributed by atoms with Crippen molar-refractivity contribution < 1.29 is 9.50 Å². The van der Waals surface area contributed by atoms with Crippen LogP contribution in [0.25, 0.3) is 0 Å². The first kappa shape index (κ1) is 12.6. The molecular weight excluding hydrogens is 255 g/mol. The molecule has 0 saturated heterocycles. The molecule has 3 nitrogen and oxygen atoms in total. The molecule has 1 aromatic heterocycles. The molecule has 5 heteroatoms. The van der Waals surface area contributed by atoms with Gasteiger partial charge in [0.1, 0.15) is 16.7 Å². The summed E-state index contributed by atoms with van der Waals surface area (Å²) in [5.74, 6) is -0.534. The Hall–Kier alpha value is -1.81. The lowest BCUT2D eigenvalue weighted by Gasteiger charge is -2.16. The van der Waals surface area contributed by atoms with E-state index in [2.05, 4.69) is 10.3 Å². The van der Waals surface area contributed by atoms with Crippen molar-refractivity contribution in [2.45, 2.75) is 13.0 Å². The van der Waals surface area contributed by atoms with Gasteiger partial charge in [-0.1, -0.05) is 17.7 Å². The third-order valence-electron chi connectivity index (χ3n) is 2.57. The summed E-state index contributed by atoms with van der Waals surface area (Å²) < 4.78 is 12.9. The Balaban J connectivity index is 2.16. The fraction of sp³-hybridized carbons (Fsp3) is 0.154. The van der Waals surface area contributed by atoms with Gasteiger partial charge in [0, 0.05) is 11.6 Å². The van der Waals surface area contributed by atoms with Crippen molar-refractivity contribution in [3.05, 3.63) is 53.1 Å². The van der Waals surface area contributed by atoms with Crippen molar-refractivity contribution in [2.24, 2.45) is 0 Å². The van der Waals surface area contributed by atoms with Crippen molar-refractivity contribution in [2.75, 3.05) is 5.32 Å². The molecule has 1 atom stereocenters. The zero-order valence-electron chi connectivity index (χ0n) is 9.69. The molecule has 2 aromatic rings. The van der Waals surface area contributed by atoms with E-state index >= 15 is 0 Å². The smallest absolute Gasteiger partial charge is 0.129 e. The molecule has 2 N–H and O–H groups in total. The summed E-state index contributed by atoms with van der Waals surface area (Å²) in [6.45, 7) is 1.86. The van der Waals surface area contributed by atoms with Crippen molar-refractivity contribution in [3.8, 4) is 5.75 Å². The largest absolute Gasteiger partial charge is 0.507 e. The molecule has 0 aliphatic rings. The van der Waals surface area contributed by atoms with Gasteiger partial charge in [0.2, 0.25) is 0 Å². The second kappa shape index (κ2) is 5.23. The average molecular weight is 267 g/mol. The molecule has 1 unspecified atom stereocenters. The van der Waals surface area contributed by atoms with E-state index in [4.69, 9.17) is 11.6 Å². The van der Waals surface area contributed by atoms with Crippen molar-refractivity contribution in [3.63, 3.8) is 0 Å². The standard InChI is InChI=1S/C13H12ClFN2O/c1-8(11-4-2-9(15)6-12(11)18)17-10-3-5-13(14)16-7-10/h2-8,17-18H,1H3. The second-order valence-corrected chi connectivity index (χ2v) is 4.33. The van der Waals surface area contributed by atoms with Crippen LogP contribution in [0, 0.1) is 5.82 Å². The molecule has 1 aromatic carbocycles. The van der Waals surface area contributed by atoms with Gasteiger partial charge in [-0.15, -0.1) is 0 Å². The summed E-state index contributed by atoms with van der Waals surface area (Å²) in [7, 11) is 0. The van der Waals surface area contributed by atoms with Gasteiger partial charge in [-0.3, -0.25) is 0 Å². The number of anilines is 1. The number of halogens is 2. The first-order valence-corrected chi connectivity index (χ1v) is 5.80. The van der Waals surface area contributed by atoms with Crippen molar-refractivity contribution in [1.82, 2.24) is 4.98 Å². The van der Waals surface area contributed by atoms with Gasteiger partial charge < -0.3 is 10.4 Å². The molecule has 0 radical (unpaired) electrons. The van der Waals surface area contributed by atoms with Crippen LogP contribution in [0.3, 0.4) is 0 Å². The van der Waals surface area contributed by atoms with E-state index < -0.39 is 5.82 Å². The minimum absolute atomic E-state index is 0.0723. The van der Waals surface area contributed by atoms with Crippen LogP contribution in [0.2, 0.25) is 5.15 Å². The molecule has 0 amide bonds. The number of nitrogens with one attached hydrogen (secondary N) is 1. The maximum Gasteiger partial charge on any atom is 0.129 e. The Bertz CT molecular complexity index is 545. The Morgan fingerprint density at radius 3 is 2.72 bits per heavy atom. The lowest BCUT2D eigenvalue weighted by atomic mass is 10.1. The van der Waals surface area contributed by atoms with Gasteiger partial charge in [-0.25, -0.2) is 9.37 Å². The third-order valence-corrected chi connectivity index (χ3v) is 2.79. The van der Waals surface area contributed by atoms with Crippen LogP contribution < -0.4 is 5.32 Å². The number of hydrogen-bond acceptors (Lipinski definition) is 3. The fourth-order valence-electron chi connectivity index (χ4n) is 1.67. The summed E-state index contributed by atoms with van der Waals surface area (Å²) >= 11 is 5.69. The summed E-state index contributed by atoms with van der Waals surface area (Å²) in [6, 6.07) is 7.23. The normalized spacial score (nSPS) is 12.2. The summed E-state index contributed by atoms with van der Waals surface area (Å²) in [4.78, 5) is 3.94. The minimum Gasteiger partial charge on any atom is -0.507 e. The maximum absolute atomic E-state index is 12.9. The molecule has 0 spiro atoms. The molecule has 0 aliphatic carbocycles. The van der Waals surface area contributed by atoms with Gasteiger partial charge in [-0.05, 0) is 25.1 Å². The van der Waals surface area contributed by atoms with Crippen LogP contribution in [-0.4, -0.2) is 10.1 Å². The quantitative estimate of drug-likeness (QED) is 0.832. The fourth-order valence-corrected chi connectivity index (χ4v) is 1.78. The van der Waals surface area contributed by atoms with E-state index in [9.17, 15) is 9.50 Å². The van der Waals surface area contributed by atoms with Gasteiger partial charge in [0.15, 0.2) is 0 Å². The number of hydrogen-bond donors (Lipinski definition) is 2. The van der Waals surface area contributed by atoms with E-state index in [-0.39, 0.29) is 11.8 Å². The first-order valence-electron chi connectivity index (χ1n) is 5.43. The van der Waals surface area contributed by atoms with Crippen LogP contribution in [0.5, 0.6) is 5.75 Å². The first-order chi connectivity index (χ1) is 8.56. The van der Waals surface area contributed by atoms with Crippen LogP contribution >= 0.6 is 11.6 Å². The number of aromatic nitrogens is 1. The molecule has 1 heterocycles. The highest BCUT2D eigenvalue weighted by molar-refractivity contribution is 6.29. The molecular formula is C13H12ClFN2O. The zero-order valence-corrected chi connectivity index (χ0v) is 10.4. The lowest BCUT2D eigenvalue weighted by Crippen LogP contribution is -2.07. The molecule has 18 heavy (non-hydrogen) atoms. The van der Waals surface area contributed by atoms with E-state index in [1.807, 2.05) is 6.92 Å². The summed E-state index contributed by atoms with van der Waals surface area (Å²) in [5.41, 5.74) is 1.39. The number of aromatic hydroxyl groups is 1. The maximum atomic E-state index is 12.9. The predicted molar refractivity (Wildman–Crippen MR) is 69.3 cm³/mol. The number of rotatable bonds is 3. The van der Waals surface area contributed by atoms with Crippen LogP contribution in [0.1, 0.15) is 18.5 Å². The zero-order chi connectivity index (χ0) is 13.1. The van der Waals surface area contributed by atoms with Crippen molar-refractivity contribution in [1.29, 1.82) is 0 Å². The van der Waals surface area contributed by atoms with Gasteiger partial charge in [-0.2, -0.15) is 0 Å². The molecule has 0 aliphatic heterocycles. The number of phenolic OH excluding ortho intramolecular Hbond substituents is 1. The number of benzene rings is 1. The Morgan fingerprint density at radius 1 is 1.33 bits per heavy atom. The van der Waals surface area contributed by atoms with E-state index in [1.54, 1.807) is 24.4 Å².